The van der Waals surface area contributed by atoms with Gasteiger partial charge in [-0.1, -0.05) is 13.8 Å². The molecule has 0 heterocycles. The Morgan fingerprint density at radius 1 is 1.32 bits per heavy atom. The number of amides is 1. The quantitative estimate of drug-likeness (QED) is 0.547. The number of aliphatic hydroxyl groups is 1. The van der Waals surface area contributed by atoms with E-state index in [2.05, 4.69) is 5.32 Å². The lowest BCUT2D eigenvalue weighted by molar-refractivity contribution is -0.152. The Kier molecular flexibility index (Phi) is 8.34. The van der Waals surface area contributed by atoms with Gasteiger partial charge in [0.25, 0.3) is 0 Å². The summed E-state index contributed by atoms with van der Waals surface area (Å²) in [5.74, 6) is -1.30. The molecule has 0 spiro atoms. The smallest absolute Gasteiger partial charge is 0.310 e. The summed E-state index contributed by atoms with van der Waals surface area (Å²) in [7, 11) is 1.54. The van der Waals surface area contributed by atoms with Gasteiger partial charge in [0.2, 0.25) is 5.91 Å². The van der Waals surface area contributed by atoms with Gasteiger partial charge in [-0.15, -0.1) is 0 Å². The van der Waals surface area contributed by atoms with Crippen molar-refractivity contribution in [3.05, 3.63) is 0 Å². The zero-order valence-corrected chi connectivity index (χ0v) is 11.9. The molecule has 0 radical (unpaired) electrons. The molecule has 1 unspecified atom stereocenters. The number of rotatable bonds is 10. The van der Waals surface area contributed by atoms with Crippen molar-refractivity contribution in [2.75, 3.05) is 20.3 Å². The molecule has 0 saturated heterocycles. The maximum Gasteiger partial charge on any atom is 0.310 e. The van der Waals surface area contributed by atoms with Crippen LogP contribution in [0.2, 0.25) is 0 Å². The van der Waals surface area contributed by atoms with Crippen molar-refractivity contribution >= 4 is 11.9 Å². The van der Waals surface area contributed by atoms with Crippen LogP contribution in [-0.4, -0.2) is 48.5 Å². The van der Waals surface area contributed by atoms with Crippen LogP contribution in [0, 0.1) is 5.41 Å². The predicted octanol–water partition coefficient (Wildman–Crippen LogP) is 0.781. The van der Waals surface area contributed by atoms with Gasteiger partial charge in [0.1, 0.15) is 0 Å². The number of methoxy groups -OCH3 is 1. The Balaban J connectivity index is 4.52. The molecule has 0 aliphatic rings. The van der Waals surface area contributed by atoms with E-state index < -0.39 is 17.4 Å². The standard InChI is InChI=1S/C13H25NO5/c1-4-13(5-2,12(17)18)8-11(16)14-10(9-15)6-7-19-3/h10,15H,4-9H2,1-3H3,(H,14,16)(H,17,18). The number of nitrogens with one attached hydrogen (secondary N) is 1. The fourth-order valence-corrected chi connectivity index (χ4v) is 1.93. The second-order valence-electron chi connectivity index (χ2n) is 4.70. The molecule has 19 heavy (non-hydrogen) atoms. The SMILES string of the molecule is CCC(CC)(CC(=O)NC(CO)CCOC)C(=O)O. The van der Waals surface area contributed by atoms with Gasteiger partial charge < -0.3 is 20.3 Å². The normalized spacial score (nSPS) is 13.1. The Morgan fingerprint density at radius 2 is 1.89 bits per heavy atom. The van der Waals surface area contributed by atoms with Gasteiger partial charge in [-0.3, -0.25) is 9.59 Å². The highest BCUT2D eigenvalue weighted by Gasteiger charge is 2.37. The number of carboxylic acid groups (broad SMARTS) is 1. The van der Waals surface area contributed by atoms with E-state index in [1.165, 1.54) is 0 Å². The number of carboxylic acids is 1. The summed E-state index contributed by atoms with van der Waals surface area (Å²) in [4.78, 5) is 23.2. The first-order valence-electron chi connectivity index (χ1n) is 6.58. The Labute approximate surface area is 114 Å². The molecule has 112 valence electrons. The Morgan fingerprint density at radius 3 is 2.26 bits per heavy atom. The first kappa shape index (κ1) is 17.9. The van der Waals surface area contributed by atoms with Crippen LogP contribution in [0.25, 0.3) is 0 Å². The largest absolute Gasteiger partial charge is 0.481 e. The van der Waals surface area contributed by atoms with Gasteiger partial charge in [-0.25, -0.2) is 0 Å². The Hall–Kier alpha value is -1.14. The highest BCUT2D eigenvalue weighted by molar-refractivity contribution is 5.85. The molecule has 0 aliphatic heterocycles. The number of carbonyl (C=O) groups excluding carboxylic acids is 1. The monoisotopic (exact) mass is 275 g/mol. The molecule has 3 N–H and O–H groups in total. The van der Waals surface area contributed by atoms with Crippen LogP contribution in [0.5, 0.6) is 0 Å². The molecule has 0 fully saturated rings. The third-order valence-corrected chi connectivity index (χ3v) is 3.56. The maximum absolute atomic E-state index is 11.9. The average Bonchev–Trinajstić information content (AvgIpc) is 2.40. The van der Waals surface area contributed by atoms with Crippen LogP contribution in [0.15, 0.2) is 0 Å². The van der Waals surface area contributed by atoms with Crippen LogP contribution in [0.4, 0.5) is 0 Å². The van der Waals surface area contributed by atoms with Crippen molar-refractivity contribution in [3.63, 3.8) is 0 Å². The fourth-order valence-electron chi connectivity index (χ4n) is 1.93. The fraction of sp³-hybridized carbons (Fsp3) is 0.846. The number of aliphatic hydroxyl groups excluding tert-OH is 1. The number of aliphatic carboxylic acids is 1. The first-order valence-corrected chi connectivity index (χ1v) is 6.58. The molecule has 1 amide bonds. The minimum absolute atomic E-state index is 0.0706. The predicted molar refractivity (Wildman–Crippen MR) is 70.8 cm³/mol. The maximum atomic E-state index is 11.9. The van der Waals surface area contributed by atoms with E-state index in [-0.39, 0.29) is 18.9 Å². The van der Waals surface area contributed by atoms with Crippen molar-refractivity contribution in [1.29, 1.82) is 0 Å². The highest BCUT2D eigenvalue weighted by Crippen LogP contribution is 2.30. The topological polar surface area (TPSA) is 95.9 Å². The van der Waals surface area contributed by atoms with E-state index in [0.717, 1.165) is 0 Å². The molecule has 0 bridgehead atoms. The highest BCUT2D eigenvalue weighted by atomic mass is 16.5. The molecule has 6 heteroatoms. The summed E-state index contributed by atoms with van der Waals surface area (Å²) >= 11 is 0. The lowest BCUT2D eigenvalue weighted by atomic mass is 9.79. The van der Waals surface area contributed by atoms with E-state index in [0.29, 0.717) is 25.9 Å². The summed E-state index contributed by atoms with van der Waals surface area (Å²) in [6.07, 6.45) is 1.22. The van der Waals surface area contributed by atoms with Crippen molar-refractivity contribution < 1.29 is 24.5 Å². The molecular weight excluding hydrogens is 250 g/mol. The van der Waals surface area contributed by atoms with E-state index in [1.54, 1.807) is 21.0 Å². The summed E-state index contributed by atoms with van der Waals surface area (Å²) in [5.41, 5.74) is -1.02. The van der Waals surface area contributed by atoms with Crippen LogP contribution in [0.1, 0.15) is 39.5 Å². The summed E-state index contributed by atoms with van der Waals surface area (Å²) in [5, 5.41) is 21.0. The molecular formula is C13H25NO5. The second kappa shape index (κ2) is 8.87. The van der Waals surface area contributed by atoms with Crippen molar-refractivity contribution in [3.8, 4) is 0 Å². The van der Waals surface area contributed by atoms with Gasteiger partial charge in [-0.2, -0.15) is 0 Å². The van der Waals surface area contributed by atoms with Gasteiger partial charge in [0, 0.05) is 20.1 Å². The van der Waals surface area contributed by atoms with E-state index in [4.69, 9.17) is 9.84 Å². The van der Waals surface area contributed by atoms with Crippen molar-refractivity contribution in [2.45, 2.75) is 45.6 Å². The van der Waals surface area contributed by atoms with Crippen LogP contribution in [0.3, 0.4) is 0 Å². The van der Waals surface area contributed by atoms with Crippen molar-refractivity contribution in [2.24, 2.45) is 5.41 Å². The van der Waals surface area contributed by atoms with Gasteiger partial charge >= 0.3 is 5.97 Å². The van der Waals surface area contributed by atoms with Gasteiger partial charge in [0.05, 0.1) is 18.1 Å². The van der Waals surface area contributed by atoms with Crippen LogP contribution in [-0.2, 0) is 14.3 Å². The minimum atomic E-state index is -1.02. The zero-order chi connectivity index (χ0) is 14.9. The molecule has 0 aromatic rings. The van der Waals surface area contributed by atoms with Gasteiger partial charge in [-0.05, 0) is 19.3 Å². The number of carbonyl (C=O) groups is 2. The molecule has 0 aromatic carbocycles. The van der Waals surface area contributed by atoms with Crippen LogP contribution < -0.4 is 5.32 Å². The molecule has 6 nitrogen and oxygen atoms in total. The van der Waals surface area contributed by atoms with Crippen molar-refractivity contribution in [1.82, 2.24) is 5.32 Å². The van der Waals surface area contributed by atoms with Gasteiger partial charge in [0.15, 0.2) is 0 Å². The van der Waals surface area contributed by atoms with E-state index >= 15 is 0 Å². The summed E-state index contributed by atoms with van der Waals surface area (Å²) in [6.45, 7) is 3.77. The minimum Gasteiger partial charge on any atom is -0.481 e. The number of ether oxygens (including phenoxy) is 1. The molecule has 1 atom stereocenters. The lowest BCUT2D eigenvalue weighted by Gasteiger charge is -2.27. The third kappa shape index (κ3) is 5.57. The first-order chi connectivity index (χ1) is 8.95. The lowest BCUT2D eigenvalue weighted by Crippen LogP contribution is -2.42. The average molecular weight is 275 g/mol. The molecule has 0 saturated carbocycles. The summed E-state index contributed by atoms with van der Waals surface area (Å²) in [6, 6.07) is -0.396. The Bertz CT molecular complexity index is 289. The third-order valence-electron chi connectivity index (χ3n) is 3.56. The zero-order valence-electron chi connectivity index (χ0n) is 11.9. The number of hydrogen-bond acceptors (Lipinski definition) is 4. The summed E-state index contributed by atoms with van der Waals surface area (Å²) < 4.78 is 4.88. The molecule has 0 aromatic heterocycles. The molecule has 0 aliphatic carbocycles. The van der Waals surface area contributed by atoms with Crippen LogP contribution >= 0.6 is 0 Å². The molecule has 0 rings (SSSR count). The second-order valence-corrected chi connectivity index (χ2v) is 4.70. The number of hydrogen-bond donors (Lipinski definition) is 3. The van der Waals surface area contributed by atoms with E-state index in [1.807, 2.05) is 0 Å². The van der Waals surface area contributed by atoms with E-state index in [9.17, 15) is 14.7 Å².